The Bertz CT molecular complexity index is 601. The Balaban J connectivity index is 2.38. The van der Waals surface area contributed by atoms with E-state index in [0.29, 0.717) is 14.8 Å². The van der Waals surface area contributed by atoms with Crippen LogP contribution >= 0.6 is 35.6 Å². The molecule has 1 saturated heterocycles. The van der Waals surface area contributed by atoms with Crippen LogP contribution in [0, 0.1) is 10.1 Å². The highest BCUT2D eigenvalue weighted by atomic mass is 35.5. The number of nitro benzene ring substituents is 1. The van der Waals surface area contributed by atoms with Crippen LogP contribution in [0.25, 0.3) is 6.08 Å². The van der Waals surface area contributed by atoms with E-state index >= 15 is 0 Å². The molecular weight excluding hydrogens is 296 g/mol. The van der Waals surface area contributed by atoms with Crippen molar-refractivity contribution in [1.82, 2.24) is 5.32 Å². The summed E-state index contributed by atoms with van der Waals surface area (Å²) in [6, 6.07) is 4.32. The average molecular weight is 301 g/mol. The molecule has 1 aliphatic heterocycles. The van der Waals surface area contributed by atoms with E-state index in [1.807, 2.05) is 0 Å². The van der Waals surface area contributed by atoms with Crippen molar-refractivity contribution in [2.75, 3.05) is 0 Å². The summed E-state index contributed by atoms with van der Waals surface area (Å²) in [7, 11) is 0. The van der Waals surface area contributed by atoms with Crippen LogP contribution in [0.1, 0.15) is 5.56 Å². The number of carbonyl (C=O) groups is 1. The third-order valence-electron chi connectivity index (χ3n) is 2.11. The first-order chi connectivity index (χ1) is 8.47. The molecule has 0 aromatic heterocycles. The summed E-state index contributed by atoms with van der Waals surface area (Å²) in [4.78, 5) is 22.0. The lowest BCUT2D eigenvalue weighted by molar-refractivity contribution is -0.384. The fraction of sp³-hybridized carbons (Fsp3) is 0. The smallest absolute Gasteiger partial charge is 0.288 e. The van der Waals surface area contributed by atoms with E-state index in [0.717, 1.165) is 11.8 Å². The van der Waals surface area contributed by atoms with Gasteiger partial charge in [0.15, 0.2) is 0 Å². The molecule has 0 saturated carbocycles. The number of nitrogens with zero attached hydrogens (tertiary/aromatic N) is 1. The Morgan fingerprint density at radius 1 is 1.50 bits per heavy atom. The normalized spacial score (nSPS) is 17.1. The Morgan fingerprint density at radius 2 is 2.22 bits per heavy atom. The first kappa shape index (κ1) is 13.0. The van der Waals surface area contributed by atoms with Gasteiger partial charge in [0.25, 0.3) is 11.6 Å². The number of benzene rings is 1. The van der Waals surface area contributed by atoms with Gasteiger partial charge in [-0.15, -0.1) is 0 Å². The zero-order valence-corrected chi connectivity index (χ0v) is 11.1. The SMILES string of the molecule is O=C1NC(=S)SC1=Cc1ccc(Cl)c([N+](=O)[O-])c1. The van der Waals surface area contributed by atoms with Crippen molar-refractivity contribution in [2.24, 2.45) is 0 Å². The minimum atomic E-state index is -0.573. The van der Waals surface area contributed by atoms with E-state index in [2.05, 4.69) is 5.32 Å². The molecule has 0 radical (unpaired) electrons. The van der Waals surface area contributed by atoms with Crippen molar-refractivity contribution in [3.8, 4) is 0 Å². The van der Waals surface area contributed by atoms with Crippen molar-refractivity contribution in [3.63, 3.8) is 0 Å². The van der Waals surface area contributed by atoms with Crippen LogP contribution in [0.15, 0.2) is 23.1 Å². The van der Waals surface area contributed by atoms with Crippen molar-refractivity contribution < 1.29 is 9.72 Å². The number of halogens is 1. The van der Waals surface area contributed by atoms with Gasteiger partial charge >= 0.3 is 0 Å². The highest BCUT2D eigenvalue weighted by Gasteiger charge is 2.22. The van der Waals surface area contributed by atoms with Crippen molar-refractivity contribution in [2.45, 2.75) is 0 Å². The number of carbonyl (C=O) groups excluding carboxylic acids is 1. The minimum absolute atomic E-state index is 0.0567. The van der Waals surface area contributed by atoms with Crippen LogP contribution in [0.3, 0.4) is 0 Å². The van der Waals surface area contributed by atoms with Crippen LogP contribution < -0.4 is 5.32 Å². The van der Waals surface area contributed by atoms with Crippen molar-refractivity contribution in [1.29, 1.82) is 0 Å². The fourth-order valence-electron chi connectivity index (χ4n) is 1.33. The topological polar surface area (TPSA) is 72.2 Å². The first-order valence-corrected chi connectivity index (χ1v) is 6.26. The van der Waals surface area contributed by atoms with E-state index in [-0.39, 0.29) is 16.6 Å². The Labute approximate surface area is 116 Å². The molecule has 1 aromatic carbocycles. The standard InChI is InChI=1S/C10H5ClN2O3S2/c11-6-2-1-5(3-7(6)13(15)16)4-8-9(14)12-10(17)18-8/h1-4H,(H,12,14,17). The monoisotopic (exact) mass is 300 g/mol. The van der Waals surface area contributed by atoms with Gasteiger partial charge in [0.2, 0.25) is 0 Å². The zero-order valence-electron chi connectivity index (χ0n) is 8.68. The molecule has 0 spiro atoms. The van der Waals surface area contributed by atoms with Crippen LogP contribution in [0.4, 0.5) is 5.69 Å². The maximum atomic E-state index is 11.4. The summed E-state index contributed by atoms with van der Waals surface area (Å²) in [5.41, 5.74) is 0.324. The molecule has 1 aliphatic rings. The number of hydrogen-bond acceptors (Lipinski definition) is 5. The molecule has 2 rings (SSSR count). The molecule has 0 atom stereocenters. The van der Waals surface area contributed by atoms with Gasteiger partial charge in [0, 0.05) is 6.07 Å². The summed E-state index contributed by atoms with van der Waals surface area (Å²) in [5.74, 6) is -0.303. The number of amides is 1. The molecule has 0 unspecified atom stereocenters. The highest BCUT2D eigenvalue weighted by molar-refractivity contribution is 8.26. The summed E-state index contributed by atoms with van der Waals surface area (Å²) < 4.78 is 0.370. The predicted octanol–water partition coefficient (Wildman–Crippen LogP) is 2.74. The quantitative estimate of drug-likeness (QED) is 0.393. The van der Waals surface area contributed by atoms with E-state index in [9.17, 15) is 14.9 Å². The summed E-state index contributed by atoms with van der Waals surface area (Å²) >= 11 is 11.6. The van der Waals surface area contributed by atoms with E-state index in [4.69, 9.17) is 23.8 Å². The number of hydrogen-bond donors (Lipinski definition) is 1. The highest BCUT2D eigenvalue weighted by Crippen LogP contribution is 2.29. The Morgan fingerprint density at radius 3 is 2.78 bits per heavy atom. The Hall–Kier alpha value is -1.44. The zero-order chi connectivity index (χ0) is 13.3. The largest absolute Gasteiger partial charge is 0.307 e. The second kappa shape index (κ2) is 5.05. The average Bonchev–Trinajstić information content (AvgIpc) is 2.60. The lowest BCUT2D eigenvalue weighted by Gasteiger charge is -1.98. The van der Waals surface area contributed by atoms with E-state index in [1.165, 1.54) is 18.2 Å². The van der Waals surface area contributed by atoms with Gasteiger partial charge < -0.3 is 5.32 Å². The first-order valence-electron chi connectivity index (χ1n) is 4.66. The number of nitro groups is 1. The molecule has 1 N–H and O–H groups in total. The molecule has 5 nitrogen and oxygen atoms in total. The van der Waals surface area contributed by atoms with Crippen molar-refractivity contribution >= 4 is 57.6 Å². The van der Waals surface area contributed by atoms with E-state index < -0.39 is 4.92 Å². The maximum absolute atomic E-state index is 11.4. The van der Waals surface area contributed by atoms with Gasteiger partial charge in [-0.3, -0.25) is 14.9 Å². The van der Waals surface area contributed by atoms with Gasteiger partial charge in [-0.05, 0) is 17.7 Å². The minimum Gasteiger partial charge on any atom is -0.307 e. The van der Waals surface area contributed by atoms with Crippen LogP contribution in [-0.4, -0.2) is 15.2 Å². The van der Waals surface area contributed by atoms with E-state index in [1.54, 1.807) is 6.07 Å². The van der Waals surface area contributed by atoms with Crippen molar-refractivity contribution in [3.05, 3.63) is 43.8 Å². The lowest BCUT2D eigenvalue weighted by atomic mass is 10.2. The van der Waals surface area contributed by atoms with Gasteiger partial charge in [-0.25, -0.2) is 0 Å². The van der Waals surface area contributed by atoms with Crippen LogP contribution in [0.5, 0.6) is 0 Å². The maximum Gasteiger partial charge on any atom is 0.288 e. The number of nitrogens with one attached hydrogen (secondary N) is 1. The molecule has 18 heavy (non-hydrogen) atoms. The van der Waals surface area contributed by atoms with Gasteiger partial charge in [-0.2, -0.15) is 0 Å². The second-order valence-electron chi connectivity index (χ2n) is 3.32. The second-order valence-corrected chi connectivity index (χ2v) is 5.45. The predicted molar refractivity (Wildman–Crippen MR) is 74.4 cm³/mol. The number of thiocarbonyl (C=S) groups is 1. The molecule has 1 aromatic rings. The van der Waals surface area contributed by atoms with Gasteiger partial charge in [-0.1, -0.05) is 41.6 Å². The van der Waals surface area contributed by atoms with Gasteiger partial charge in [0.1, 0.15) is 9.34 Å². The molecule has 0 aliphatic carbocycles. The number of rotatable bonds is 2. The third-order valence-corrected chi connectivity index (χ3v) is 3.59. The third kappa shape index (κ3) is 2.69. The summed E-state index contributed by atoms with van der Waals surface area (Å²) in [5, 5.41) is 13.2. The molecule has 1 heterocycles. The summed E-state index contributed by atoms with van der Waals surface area (Å²) in [6.07, 6.45) is 1.53. The molecule has 1 amide bonds. The fourth-order valence-corrected chi connectivity index (χ4v) is 2.56. The molecule has 1 fully saturated rings. The van der Waals surface area contributed by atoms with Crippen LogP contribution in [-0.2, 0) is 4.79 Å². The molecular formula is C10H5ClN2O3S2. The van der Waals surface area contributed by atoms with Crippen LogP contribution in [0.2, 0.25) is 5.02 Å². The molecule has 8 heteroatoms. The summed E-state index contributed by atoms with van der Waals surface area (Å²) in [6.45, 7) is 0. The Kier molecular flexibility index (Phi) is 3.65. The lowest BCUT2D eigenvalue weighted by Crippen LogP contribution is -2.17. The molecule has 0 bridgehead atoms. The van der Waals surface area contributed by atoms with Gasteiger partial charge in [0.05, 0.1) is 9.83 Å². The number of thioether (sulfide) groups is 1. The molecule has 92 valence electrons.